The summed E-state index contributed by atoms with van der Waals surface area (Å²) in [6.07, 6.45) is 7.50. The summed E-state index contributed by atoms with van der Waals surface area (Å²) in [5.74, 6) is 0.116. The average Bonchev–Trinajstić information content (AvgIpc) is 3.34. The molecule has 0 bridgehead atoms. The van der Waals surface area contributed by atoms with E-state index in [1.165, 1.54) is 11.9 Å². The molecule has 156 valence electrons. The fourth-order valence-electron chi connectivity index (χ4n) is 4.15. The second-order valence-electron chi connectivity index (χ2n) is 7.98. The lowest BCUT2D eigenvalue weighted by Crippen LogP contribution is -2.45. The van der Waals surface area contributed by atoms with Crippen LogP contribution in [0.4, 0.5) is 0 Å². The van der Waals surface area contributed by atoms with Crippen molar-refractivity contribution >= 4 is 5.91 Å². The first kappa shape index (κ1) is 20.3. The van der Waals surface area contributed by atoms with Crippen LogP contribution in [0.25, 0.3) is 5.69 Å². The Kier molecular flexibility index (Phi) is 6.54. The quantitative estimate of drug-likeness (QED) is 0.606. The summed E-state index contributed by atoms with van der Waals surface area (Å²) < 4.78 is 1.69. The summed E-state index contributed by atoms with van der Waals surface area (Å²) in [7, 11) is 2.22. The van der Waals surface area contributed by atoms with Crippen LogP contribution in [0.3, 0.4) is 0 Å². The Morgan fingerprint density at radius 2 is 1.80 bits per heavy atom. The predicted molar refractivity (Wildman–Crippen MR) is 118 cm³/mol. The standard InChI is InChI=1S/C24H29N5O/c1-27(15-5-8-20-6-3-2-4-7-20)22-13-16-28(17-14-22)24(30)21-9-11-23(12-10-21)29-19-25-18-26-29/h2-4,6-7,9-12,18-19,22H,5,8,13-17H2,1H3. The number of aromatic nitrogens is 3. The molecule has 0 spiro atoms. The van der Waals surface area contributed by atoms with Crippen LogP contribution in [0.1, 0.15) is 35.2 Å². The maximum Gasteiger partial charge on any atom is 0.253 e. The third-order valence-electron chi connectivity index (χ3n) is 5.99. The van der Waals surface area contributed by atoms with Gasteiger partial charge in [0, 0.05) is 24.7 Å². The van der Waals surface area contributed by atoms with Crippen molar-refractivity contribution < 1.29 is 4.79 Å². The fraction of sp³-hybridized carbons (Fsp3) is 0.375. The van der Waals surface area contributed by atoms with E-state index in [0.717, 1.165) is 56.6 Å². The molecular formula is C24H29N5O. The molecule has 0 atom stereocenters. The molecule has 6 heteroatoms. The molecule has 30 heavy (non-hydrogen) atoms. The Bertz CT molecular complexity index is 916. The minimum absolute atomic E-state index is 0.116. The zero-order chi connectivity index (χ0) is 20.8. The molecule has 0 saturated carbocycles. The van der Waals surface area contributed by atoms with Crippen LogP contribution in [0, 0.1) is 0 Å². The first-order valence-corrected chi connectivity index (χ1v) is 10.7. The molecule has 0 N–H and O–H groups in total. The summed E-state index contributed by atoms with van der Waals surface area (Å²) in [4.78, 5) is 21.3. The number of amides is 1. The van der Waals surface area contributed by atoms with Gasteiger partial charge < -0.3 is 9.80 Å². The molecule has 1 fully saturated rings. The molecule has 2 aromatic carbocycles. The first-order chi connectivity index (χ1) is 14.7. The molecule has 1 aliphatic heterocycles. The normalized spacial score (nSPS) is 14.9. The van der Waals surface area contributed by atoms with Gasteiger partial charge in [-0.1, -0.05) is 30.3 Å². The van der Waals surface area contributed by atoms with Crippen LogP contribution in [0.5, 0.6) is 0 Å². The zero-order valence-electron chi connectivity index (χ0n) is 17.5. The van der Waals surface area contributed by atoms with Gasteiger partial charge in [0.1, 0.15) is 12.7 Å². The van der Waals surface area contributed by atoms with Gasteiger partial charge in [0.25, 0.3) is 5.91 Å². The van der Waals surface area contributed by atoms with Crippen LogP contribution >= 0.6 is 0 Å². The minimum Gasteiger partial charge on any atom is -0.339 e. The van der Waals surface area contributed by atoms with Gasteiger partial charge in [0.2, 0.25) is 0 Å². The number of hydrogen-bond acceptors (Lipinski definition) is 4. The van der Waals surface area contributed by atoms with Crippen LogP contribution in [-0.2, 0) is 6.42 Å². The van der Waals surface area contributed by atoms with E-state index in [1.54, 1.807) is 11.0 Å². The number of nitrogens with zero attached hydrogens (tertiary/aromatic N) is 5. The summed E-state index contributed by atoms with van der Waals surface area (Å²) in [5, 5.41) is 4.12. The van der Waals surface area contributed by atoms with Gasteiger partial charge in [-0.2, -0.15) is 5.10 Å². The zero-order valence-corrected chi connectivity index (χ0v) is 17.5. The minimum atomic E-state index is 0.116. The van der Waals surface area contributed by atoms with E-state index in [9.17, 15) is 4.79 Å². The highest BCUT2D eigenvalue weighted by atomic mass is 16.2. The summed E-state index contributed by atoms with van der Waals surface area (Å²) in [6, 6.07) is 18.8. The molecule has 1 aliphatic rings. The number of hydrogen-bond donors (Lipinski definition) is 0. The average molecular weight is 404 g/mol. The van der Waals surface area contributed by atoms with Crippen molar-refractivity contribution in [2.75, 3.05) is 26.7 Å². The second kappa shape index (κ2) is 9.67. The van der Waals surface area contributed by atoms with E-state index in [0.29, 0.717) is 6.04 Å². The third kappa shape index (κ3) is 4.94. The first-order valence-electron chi connectivity index (χ1n) is 10.7. The van der Waals surface area contributed by atoms with Gasteiger partial charge >= 0.3 is 0 Å². The topological polar surface area (TPSA) is 54.3 Å². The van der Waals surface area contributed by atoms with Gasteiger partial charge in [-0.15, -0.1) is 0 Å². The molecule has 1 saturated heterocycles. The van der Waals surface area contributed by atoms with E-state index in [2.05, 4.69) is 52.4 Å². The third-order valence-corrected chi connectivity index (χ3v) is 5.99. The van der Waals surface area contributed by atoms with Crippen molar-refractivity contribution in [2.45, 2.75) is 31.7 Å². The maximum atomic E-state index is 12.9. The van der Waals surface area contributed by atoms with Gasteiger partial charge in [-0.3, -0.25) is 4.79 Å². The smallest absolute Gasteiger partial charge is 0.253 e. The maximum absolute atomic E-state index is 12.9. The molecule has 1 aromatic heterocycles. The highest BCUT2D eigenvalue weighted by Gasteiger charge is 2.25. The Balaban J connectivity index is 1.24. The molecule has 2 heterocycles. The van der Waals surface area contributed by atoms with Gasteiger partial charge in [0.15, 0.2) is 0 Å². The Morgan fingerprint density at radius 1 is 1.07 bits per heavy atom. The Hall–Kier alpha value is -2.99. The van der Waals surface area contributed by atoms with Crippen LogP contribution < -0.4 is 0 Å². The molecular weight excluding hydrogens is 374 g/mol. The molecule has 0 radical (unpaired) electrons. The van der Waals surface area contributed by atoms with Crippen molar-refractivity contribution in [1.29, 1.82) is 0 Å². The lowest BCUT2D eigenvalue weighted by atomic mass is 10.0. The molecule has 4 rings (SSSR count). The van der Waals surface area contributed by atoms with E-state index in [-0.39, 0.29) is 5.91 Å². The summed E-state index contributed by atoms with van der Waals surface area (Å²) in [5.41, 5.74) is 3.04. The lowest BCUT2D eigenvalue weighted by molar-refractivity contribution is 0.0645. The van der Waals surface area contributed by atoms with Crippen LogP contribution in [-0.4, -0.2) is 63.2 Å². The second-order valence-corrected chi connectivity index (χ2v) is 7.98. The lowest BCUT2D eigenvalue weighted by Gasteiger charge is -2.37. The van der Waals surface area contributed by atoms with Crippen LogP contribution in [0.15, 0.2) is 67.3 Å². The molecule has 6 nitrogen and oxygen atoms in total. The molecule has 0 aliphatic carbocycles. The fourth-order valence-corrected chi connectivity index (χ4v) is 4.15. The van der Waals surface area contributed by atoms with Crippen molar-refractivity contribution in [1.82, 2.24) is 24.6 Å². The van der Waals surface area contributed by atoms with E-state index in [4.69, 9.17) is 0 Å². The van der Waals surface area contributed by atoms with Crippen molar-refractivity contribution in [3.05, 3.63) is 78.4 Å². The van der Waals surface area contributed by atoms with Crippen molar-refractivity contribution in [3.8, 4) is 5.69 Å². The van der Waals surface area contributed by atoms with Crippen LogP contribution in [0.2, 0.25) is 0 Å². The largest absolute Gasteiger partial charge is 0.339 e. The summed E-state index contributed by atoms with van der Waals surface area (Å²) in [6.45, 7) is 2.73. The molecule has 0 unspecified atom stereocenters. The predicted octanol–water partition coefficient (Wildman–Crippen LogP) is 3.44. The Labute approximate surface area is 178 Å². The van der Waals surface area contributed by atoms with Crippen molar-refractivity contribution in [2.24, 2.45) is 0 Å². The molecule has 3 aromatic rings. The summed E-state index contributed by atoms with van der Waals surface area (Å²) >= 11 is 0. The number of rotatable bonds is 7. The number of benzene rings is 2. The van der Waals surface area contributed by atoms with Crippen molar-refractivity contribution in [3.63, 3.8) is 0 Å². The highest BCUT2D eigenvalue weighted by molar-refractivity contribution is 5.94. The monoisotopic (exact) mass is 403 g/mol. The van der Waals surface area contributed by atoms with Gasteiger partial charge in [-0.25, -0.2) is 9.67 Å². The number of likely N-dealkylation sites (tertiary alicyclic amines) is 1. The van der Waals surface area contributed by atoms with E-state index in [1.807, 2.05) is 29.2 Å². The van der Waals surface area contributed by atoms with E-state index >= 15 is 0 Å². The number of carbonyl (C=O) groups excluding carboxylic acids is 1. The SMILES string of the molecule is CN(CCCc1ccccc1)C1CCN(C(=O)c2ccc(-n3cncn3)cc2)CC1. The number of carbonyl (C=O) groups is 1. The van der Waals surface area contributed by atoms with Gasteiger partial charge in [0.05, 0.1) is 5.69 Å². The number of aryl methyl sites for hydroxylation is 1. The highest BCUT2D eigenvalue weighted by Crippen LogP contribution is 2.19. The van der Waals surface area contributed by atoms with E-state index < -0.39 is 0 Å². The Morgan fingerprint density at radius 3 is 2.47 bits per heavy atom. The van der Waals surface area contributed by atoms with Gasteiger partial charge in [-0.05, 0) is 69.1 Å². The number of piperidine rings is 1. The molecule has 1 amide bonds.